The number of hydrogen-bond donors (Lipinski definition) is 1. The van der Waals surface area contributed by atoms with Gasteiger partial charge in [-0.05, 0) is 31.2 Å². The quantitative estimate of drug-likeness (QED) is 0.824. The summed E-state index contributed by atoms with van der Waals surface area (Å²) in [4.78, 5) is 2.08. The number of benzene rings is 1. The third kappa shape index (κ3) is 2.77. The predicted molar refractivity (Wildman–Crippen MR) is 72.8 cm³/mol. The molecule has 4 heteroatoms. The molecule has 0 saturated heterocycles. The Labute approximate surface area is 107 Å². The lowest BCUT2D eigenvalue weighted by atomic mass is 10.2. The van der Waals surface area contributed by atoms with E-state index in [2.05, 4.69) is 4.90 Å². The molecule has 96 valence electrons. The van der Waals surface area contributed by atoms with E-state index in [1.54, 1.807) is 6.26 Å². The highest BCUT2D eigenvalue weighted by Gasteiger charge is 2.07. The molecular formula is C14H18N2O2. The van der Waals surface area contributed by atoms with Gasteiger partial charge in [-0.15, -0.1) is 0 Å². The van der Waals surface area contributed by atoms with Crippen molar-refractivity contribution in [3.05, 3.63) is 42.4 Å². The molecule has 2 N–H and O–H groups in total. The fourth-order valence-corrected chi connectivity index (χ4v) is 1.77. The summed E-state index contributed by atoms with van der Waals surface area (Å²) >= 11 is 0. The van der Waals surface area contributed by atoms with E-state index in [9.17, 15) is 0 Å². The van der Waals surface area contributed by atoms with Crippen LogP contribution in [0.1, 0.15) is 12.7 Å². The van der Waals surface area contributed by atoms with Crippen LogP contribution in [0, 0.1) is 0 Å². The van der Waals surface area contributed by atoms with Gasteiger partial charge in [0, 0.05) is 18.8 Å². The maximum Gasteiger partial charge on any atom is 0.144 e. The molecule has 0 bridgehead atoms. The smallest absolute Gasteiger partial charge is 0.144 e. The normalized spacial score (nSPS) is 10.3. The van der Waals surface area contributed by atoms with Gasteiger partial charge in [0.05, 0.1) is 25.1 Å². The summed E-state index contributed by atoms with van der Waals surface area (Å²) in [5.41, 5.74) is 7.55. The zero-order valence-electron chi connectivity index (χ0n) is 10.7. The fourth-order valence-electron chi connectivity index (χ4n) is 1.77. The van der Waals surface area contributed by atoms with E-state index in [0.29, 0.717) is 18.8 Å². The first kappa shape index (κ1) is 12.4. The summed E-state index contributed by atoms with van der Waals surface area (Å²) in [5.74, 6) is 1.65. The second-order valence-electron chi connectivity index (χ2n) is 4.09. The van der Waals surface area contributed by atoms with Gasteiger partial charge in [0.15, 0.2) is 0 Å². The third-order valence-corrected chi connectivity index (χ3v) is 2.71. The zero-order valence-corrected chi connectivity index (χ0v) is 10.7. The Kier molecular flexibility index (Phi) is 3.77. The lowest BCUT2D eigenvalue weighted by Crippen LogP contribution is -2.16. The Morgan fingerprint density at radius 2 is 2.17 bits per heavy atom. The Hall–Kier alpha value is -2.10. The summed E-state index contributed by atoms with van der Waals surface area (Å²) in [6, 6.07) is 9.62. The average Bonchev–Trinajstić information content (AvgIpc) is 2.85. The van der Waals surface area contributed by atoms with Crippen molar-refractivity contribution in [1.82, 2.24) is 0 Å². The number of furan rings is 1. The van der Waals surface area contributed by atoms with E-state index in [0.717, 1.165) is 17.2 Å². The van der Waals surface area contributed by atoms with Crippen molar-refractivity contribution in [2.75, 3.05) is 24.3 Å². The standard InChI is InChI=1S/C14H18N2O2/c1-3-17-14-9-11(6-7-13(14)15)16(2)10-12-5-4-8-18-12/h4-9H,3,10,15H2,1-2H3. The molecule has 18 heavy (non-hydrogen) atoms. The van der Waals surface area contributed by atoms with Gasteiger partial charge in [-0.2, -0.15) is 0 Å². The summed E-state index contributed by atoms with van der Waals surface area (Å²) in [5, 5.41) is 0. The Morgan fingerprint density at radius 1 is 1.33 bits per heavy atom. The van der Waals surface area contributed by atoms with Gasteiger partial charge in [-0.1, -0.05) is 0 Å². The number of hydrogen-bond acceptors (Lipinski definition) is 4. The average molecular weight is 246 g/mol. The third-order valence-electron chi connectivity index (χ3n) is 2.71. The molecule has 0 fully saturated rings. The van der Waals surface area contributed by atoms with Gasteiger partial charge in [0.25, 0.3) is 0 Å². The van der Waals surface area contributed by atoms with Gasteiger partial charge in [-0.25, -0.2) is 0 Å². The largest absolute Gasteiger partial charge is 0.492 e. The van der Waals surface area contributed by atoms with Crippen LogP contribution in [-0.4, -0.2) is 13.7 Å². The summed E-state index contributed by atoms with van der Waals surface area (Å²) in [7, 11) is 2.00. The number of anilines is 2. The van der Waals surface area contributed by atoms with Crippen LogP contribution in [0.15, 0.2) is 41.0 Å². The van der Waals surface area contributed by atoms with E-state index < -0.39 is 0 Å². The minimum Gasteiger partial charge on any atom is -0.492 e. The summed E-state index contributed by atoms with van der Waals surface area (Å²) in [6.45, 7) is 3.26. The first-order valence-electron chi connectivity index (χ1n) is 5.96. The SMILES string of the molecule is CCOc1cc(N(C)Cc2ccco2)ccc1N. The van der Waals surface area contributed by atoms with Crippen LogP contribution < -0.4 is 15.4 Å². The number of rotatable bonds is 5. The van der Waals surface area contributed by atoms with Gasteiger partial charge in [-0.3, -0.25) is 0 Å². The van der Waals surface area contributed by atoms with E-state index in [4.69, 9.17) is 14.9 Å². The molecule has 0 saturated carbocycles. The van der Waals surface area contributed by atoms with Crippen LogP contribution in [0.5, 0.6) is 5.75 Å². The lowest BCUT2D eigenvalue weighted by Gasteiger charge is -2.19. The molecular weight excluding hydrogens is 228 g/mol. The van der Waals surface area contributed by atoms with Crippen molar-refractivity contribution in [2.24, 2.45) is 0 Å². The Bertz CT molecular complexity index is 495. The summed E-state index contributed by atoms with van der Waals surface area (Å²) < 4.78 is 10.8. The van der Waals surface area contributed by atoms with Gasteiger partial charge >= 0.3 is 0 Å². The monoisotopic (exact) mass is 246 g/mol. The lowest BCUT2D eigenvalue weighted by molar-refractivity contribution is 0.342. The molecule has 1 aromatic heterocycles. The van der Waals surface area contributed by atoms with Gasteiger partial charge in [0.2, 0.25) is 0 Å². The van der Waals surface area contributed by atoms with E-state index in [-0.39, 0.29) is 0 Å². The van der Waals surface area contributed by atoms with Crippen LogP contribution >= 0.6 is 0 Å². The molecule has 2 rings (SSSR count). The van der Waals surface area contributed by atoms with Crippen molar-refractivity contribution < 1.29 is 9.15 Å². The number of nitrogens with zero attached hydrogens (tertiary/aromatic N) is 1. The molecule has 0 atom stereocenters. The van der Waals surface area contributed by atoms with Gasteiger partial charge < -0.3 is 19.8 Å². The molecule has 0 radical (unpaired) electrons. The molecule has 0 aliphatic rings. The number of nitrogens with two attached hydrogens (primary N) is 1. The Balaban J connectivity index is 2.14. The Morgan fingerprint density at radius 3 is 2.83 bits per heavy atom. The van der Waals surface area contributed by atoms with Crippen molar-refractivity contribution in [1.29, 1.82) is 0 Å². The van der Waals surface area contributed by atoms with E-state index in [1.165, 1.54) is 0 Å². The zero-order chi connectivity index (χ0) is 13.0. The minimum atomic E-state index is 0.607. The van der Waals surface area contributed by atoms with Crippen LogP contribution in [0.3, 0.4) is 0 Å². The van der Waals surface area contributed by atoms with E-state index in [1.807, 2.05) is 44.3 Å². The minimum absolute atomic E-state index is 0.607. The van der Waals surface area contributed by atoms with Crippen LogP contribution in [0.25, 0.3) is 0 Å². The van der Waals surface area contributed by atoms with Crippen LogP contribution in [0.4, 0.5) is 11.4 Å². The van der Waals surface area contributed by atoms with Crippen molar-refractivity contribution in [2.45, 2.75) is 13.5 Å². The highest BCUT2D eigenvalue weighted by molar-refractivity contribution is 5.62. The van der Waals surface area contributed by atoms with Crippen molar-refractivity contribution in [3.63, 3.8) is 0 Å². The first-order valence-corrected chi connectivity index (χ1v) is 5.96. The molecule has 0 aliphatic carbocycles. The fraction of sp³-hybridized carbons (Fsp3) is 0.286. The molecule has 2 aromatic rings. The van der Waals surface area contributed by atoms with Gasteiger partial charge in [0.1, 0.15) is 11.5 Å². The highest BCUT2D eigenvalue weighted by Crippen LogP contribution is 2.27. The first-order chi connectivity index (χ1) is 8.70. The molecule has 1 aromatic carbocycles. The molecule has 1 heterocycles. The molecule has 0 spiro atoms. The van der Waals surface area contributed by atoms with Crippen LogP contribution in [0.2, 0.25) is 0 Å². The summed E-state index contributed by atoms with van der Waals surface area (Å²) in [6.07, 6.45) is 1.68. The van der Waals surface area contributed by atoms with Crippen molar-refractivity contribution >= 4 is 11.4 Å². The van der Waals surface area contributed by atoms with E-state index >= 15 is 0 Å². The maximum atomic E-state index is 5.85. The molecule has 0 unspecified atom stereocenters. The van der Waals surface area contributed by atoms with Crippen molar-refractivity contribution in [3.8, 4) is 5.75 Å². The highest BCUT2D eigenvalue weighted by atomic mass is 16.5. The maximum absolute atomic E-state index is 5.85. The van der Waals surface area contributed by atoms with Crippen LogP contribution in [-0.2, 0) is 6.54 Å². The molecule has 0 aliphatic heterocycles. The number of nitrogen functional groups attached to an aromatic ring is 1. The molecule has 0 amide bonds. The second-order valence-corrected chi connectivity index (χ2v) is 4.09. The second kappa shape index (κ2) is 5.49. The number of ether oxygens (including phenoxy) is 1. The topological polar surface area (TPSA) is 51.6 Å². The predicted octanol–water partition coefficient (Wildman–Crippen LogP) is 2.90. The molecule has 4 nitrogen and oxygen atoms in total.